The Hall–Kier alpha value is -2.45. The van der Waals surface area contributed by atoms with E-state index in [1.165, 1.54) is 6.07 Å². The summed E-state index contributed by atoms with van der Waals surface area (Å²) >= 11 is 0. The topological polar surface area (TPSA) is 26.3 Å². The van der Waals surface area contributed by atoms with Gasteiger partial charge in [-0.15, -0.1) is 0 Å². The lowest BCUT2D eigenvalue weighted by atomic mass is 10.3. The Bertz CT molecular complexity index is 808. The van der Waals surface area contributed by atoms with Crippen molar-refractivity contribution in [2.24, 2.45) is 0 Å². The fourth-order valence-electron chi connectivity index (χ4n) is 2.62. The molecule has 0 bridgehead atoms. The van der Waals surface area contributed by atoms with E-state index >= 15 is 0 Å². The van der Waals surface area contributed by atoms with E-state index in [4.69, 9.17) is 0 Å². The molecule has 2 nitrogen and oxygen atoms in total. The van der Waals surface area contributed by atoms with Crippen molar-refractivity contribution in [3.8, 4) is 5.75 Å². The second-order valence-electron chi connectivity index (χ2n) is 5.13. The molecule has 0 radical (unpaired) electrons. The molecular weight excluding hydrogens is 329 g/mol. The second kappa shape index (κ2) is 6.98. The third-order valence-corrected chi connectivity index (χ3v) is 6.76. The van der Waals surface area contributed by atoms with Crippen molar-refractivity contribution in [3.63, 3.8) is 0 Å². The van der Waals surface area contributed by atoms with Crippen LogP contribution in [0.2, 0.25) is 0 Å². The Morgan fingerprint density at radius 1 is 0.708 bits per heavy atom. The zero-order valence-electron chi connectivity index (χ0n) is 12.7. The van der Waals surface area contributed by atoms with E-state index in [1.807, 2.05) is 12.1 Å². The van der Waals surface area contributed by atoms with Crippen LogP contribution < -0.4 is 20.7 Å². The van der Waals surface area contributed by atoms with Gasteiger partial charge in [-0.1, -0.05) is 72.8 Å². The summed E-state index contributed by atoms with van der Waals surface area (Å²) < 4.78 is 44.3. The molecule has 3 aromatic carbocycles. The van der Waals surface area contributed by atoms with Crippen molar-refractivity contribution in [2.75, 3.05) is 0 Å². The van der Waals surface area contributed by atoms with Crippen molar-refractivity contribution in [1.29, 1.82) is 0 Å². The number of halogens is 2. The van der Waals surface area contributed by atoms with Gasteiger partial charge in [-0.25, -0.2) is 0 Å². The Balaban J connectivity index is 2.27. The first kappa shape index (κ1) is 16.4. The maximum absolute atomic E-state index is 14.1. The highest BCUT2D eigenvalue weighted by Crippen LogP contribution is 2.45. The summed E-state index contributed by atoms with van der Waals surface area (Å²) in [5.74, 6) is -0.0662. The van der Waals surface area contributed by atoms with Crippen molar-refractivity contribution in [3.05, 3.63) is 84.9 Å². The van der Waals surface area contributed by atoms with E-state index in [2.05, 4.69) is 4.74 Å². The molecular formula is C19H15F2O2P. The minimum atomic E-state index is -3.33. The van der Waals surface area contributed by atoms with Crippen LogP contribution in [0.25, 0.3) is 0 Å². The van der Waals surface area contributed by atoms with Crippen molar-refractivity contribution >= 4 is 23.1 Å². The molecule has 0 N–H and O–H groups in total. The van der Waals surface area contributed by atoms with E-state index < -0.39 is 13.8 Å². The predicted octanol–water partition coefficient (Wildman–Crippen LogP) is 3.93. The van der Waals surface area contributed by atoms with Crippen LogP contribution in [0.4, 0.5) is 8.78 Å². The normalized spacial score (nSPS) is 11.5. The third-order valence-electron chi connectivity index (χ3n) is 3.66. The minimum Gasteiger partial charge on any atom is -0.434 e. The molecule has 0 saturated heterocycles. The van der Waals surface area contributed by atoms with Gasteiger partial charge in [0.15, 0.2) is 7.14 Å². The third kappa shape index (κ3) is 3.10. The van der Waals surface area contributed by atoms with Gasteiger partial charge in [0, 0.05) is 10.6 Å². The van der Waals surface area contributed by atoms with Gasteiger partial charge in [0.2, 0.25) is 0 Å². The number of para-hydroxylation sites is 1. The fraction of sp³-hybridized carbons (Fsp3) is 0.0526. The fourth-order valence-corrected chi connectivity index (χ4v) is 5.39. The summed E-state index contributed by atoms with van der Waals surface area (Å²) in [6.07, 6.45) is 0. The van der Waals surface area contributed by atoms with Crippen molar-refractivity contribution in [2.45, 2.75) is 6.61 Å². The highest BCUT2D eigenvalue weighted by molar-refractivity contribution is 7.85. The van der Waals surface area contributed by atoms with Crippen LogP contribution in [0.5, 0.6) is 5.75 Å². The summed E-state index contributed by atoms with van der Waals surface area (Å²) in [4.78, 5) is 0. The molecule has 0 amide bonds. The van der Waals surface area contributed by atoms with E-state index in [1.54, 1.807) is 66.7 Å². The molecule has 0 spiro atoms. The van der Waals surface area contributed by atoms with Crippen LogP contribution in [-0.4, -0.2) is 6.61 Å². The van der Waals surface area contributed by atoms with Crippen LogP contribution in [0, 0.1) is 0 Å². The first-order chi connectivity index (χ1) is 11.6. The number of hydrogen-bond donors (Lipinski definition) is 0. The molecule has 0 saturated carbocycles. The smallest absolute Gasteiger partial charge is 0.387 e. The van der Waals surface area contributed by atoms with Crippen LogP contribution in [0.15, 0.2) is 84.9 Å². The maximum atomic E-state index is 14.1. The van der Waals surface area contributed by atoms with Crippen LogP contribution >= 0.6 is 7.14 Å². The van der Waals surface area contributed by atoms with E-state index in [0.717, 1.165) is 0 Å². The van der Waals surface area contributed by atoms with Gasteiger partial charge in [-0.3, -0.25) is 0 Å². The lowest BCUT2D eigenvalue weighted by Crippen LogP contribution is -2.26. The summed E-state index contributed by atoms with van der Waals surface area (Å²) in [7, 11) is -3.33. The molecule has 0 fully saturated rings. The Morgan fingerprint density at radius 3 is 1.67 bits per heavy atom. The molecule has 0 heterocycles. The van der Waals surface area contributed by atoms with Gasteiger partial charge < -0.3 is 9.30 Å². The molecule has 0 atom stereocenters. The Morgan fingerprint density at radius 2 is 1.17 bits per heavy atom. The average molecular weight is 344 g/mol. The first-order valence-corrected chi connectivity index (χ1v) is 9.09. The highest BCUT2D eigenvalue weighted by Gasteiger charge is 2.32. The van der Waals surface area contributed by atoms with Crippen LogP contribution in [0.3, 0.4) is 0 Å². The van der Waals surface area contributed by atoms with Gasteiger partial charge in [0.05, 0.1) is 5.30 Å². The summed E-state index contributed by atoms with van der Waals surface area (Å²) in [5, 5.41) is 1.41. The van der Waals surface area contributed by atoms with Gasteiger partial charge in [0.25, 0.3) is 0 Å². The Labute approximate surface area is 139 Å². The SMILES string of the molecule is O=P(c1ccccc1)(c1ccccc1)c1ccccc1OC(F)F. The van der Waals surface area contributed by atoms with Crippen LogP contribution in [-0.2, 0) is 4.57 Å². The minimum absolute atomic E-state index is 0.0662. The largest absolute Gasteiger partial charge is 0.434 e. The van der Waals surface area contributed by atoms with E-state index in [9.17, 15) is 13.3 Å². The molecule has 24 heavy (non-hydrogen) atoms. The van der Waals surface area contributed by atoms with E-state index in [-0.39, 0.29) is 11.1 Å². The van der Waals surface area contributed by atoms with E-state index in [0.29, 0.717) is 10.6 Å². The average Bonchev–Trinajstić information content (AvgIpc) is 2.62. The van der Waals surface area contributed by atoms with Crippen molar-refractivity contribution in [1.82, 2.24) is 0 Å². The molecule has 122 valence electrons. The number of rotatable bonds is 5. The number of alkyl halides is 2. The van der Waals surface area contributed by atoms with Crippen molar-refractivity contribution < 1.29 is 18.1 Å². The summed E-state index contributed by atoms with van der Waals surface area (Å²) in [5.41, 5.74) is 0. The summed E-state index contributed by atoms with van der Waals surface area (Å²) in [6, 6.07) is 24.0. The lowest BCUT2D eigenvalue weighted by Gasteiger charge is -2.22. The quantitative estimate of drug-likeness (QED) is 0.656. The zero-order chi connectivity index (χ0) is 17.0. The monoisotopic (exact) mass is 344 g/mol. The first-order valence-electron chi connectivity index (χ1n) is 7.38. The van der Waals surface area contributed by atoms with Gasteiger partial charge in [0.1, 0.15) is 5.75 Å². The number of hydrogen-bond acceptors (Lipinski definition) is 2. The molecule has 0 aliphatic rings. The molecule has 0 aliphatic heterocycles. The summed E-state index contributed by atoms with van der Waals surface area (Å²) in [6.45, 7) is -2.98. The highest BCUT2D eigenvalue weighted by atomic mass is 31.2. The van der Waals surface area contributed by atoms with Crippen LogP contribution in [0.1, 0.15) is 0 Å². The molecule has 3 rings (SSSR count). The second-order valence-corrected chi connectivity index (χ2v) is 7.86. The zero-order valence-corrected chi connectivity index (χ0v) is 13.6. The number of benzene rings is 3. The molecule has 5 heteroatoms. The maximum Gasteiger partial charge on any atom is 0.387 e. The Kier molecular flexibility index (Phi) is 4.77. The molecule has 0 unspecified atom stereocenters. The standard InChI is InChI=1S/C19H15F2O2P/c20-19(21)23-17-13-7-8-14-18(17)24(22,15-9-3-1-4-10-15)16-11-5-2-6-12-16/h1-14,19H. The molecule has 0 aromatic heterocycles. The number of ether oxygens (including phenoxy) is 1. The van der Waals surface area contributed by atoms with Gasteiger partial charge >= 0.3 is 6.61 Å². The lowest BCUT2D eigenvalue weighted by molar-refractivity contribution is -0.0491. The predicted molar refractivity (Wildman–Crippen MR) is 92.5 cm³/mol. The van der Waals surface area contributed by atoms with Gasteiger partial charge in [-0.05, 0) is 12.1 Å². The van der Waals surface area contributed by atoms with Gasteiger partial charge in [-0.2, -0.15) is 8.78 Å². The molecule has 0 aliphatic carbocycles. The molecule has 3 aromatic rings.